The summed E-state index contributed by atoms with van der Waals surface area (Å²) >= 11 is 0. The molecule has 1 aromatic carbocycles. The normalized spacial score (nSPS) is 10.9. The summed E-state index contributed by atoms with van der Waals surface area (Å²) in [7, 11) is 1.85. The molecule has 0 saturated heterocycles. The molecule has 3 aromatic heterocycles. The van der Waals surface area contributed by atoms with Crippen molar-refractivity contribution >= 4 is 22.8 Å². The highest BCUT2D eigenvalue weighted by molar-refractivity contribution is 6.11. The molecular weight excluding hydrogens is 302 g/mol. The van der Waals surface area contributed by atoms with Crippen LogP contribution in [0, 0.1) is 0 Å². The molecule has 0 bridgehead atoms. The van der Waals surface area contributed by atoms with Gasteiger partial charge in [-0.15, -0.1) is 0 Å². The van der Waals surface area contributed by atoms with E-state index in [-0.39, 0.29) is 5.91 Å². The molecule has 0 aliphatic heterocycles. The molecule has 0 atom stereocenters. The highest BCUT2D eigenvalue weighted by atomic mass is 16.1. The number of hydrogen-bond donors (Lipinski definition) is 1. The van der Waals surface area contributed by atoms with Crippen molar-refractivity contribution in [3.63, 3.8) is 0 Å². The van der Waals surface area contributed by atoms with Crippen LogP contribution >= 0.6 is 0 Å². The van der Waals surface area contributed by atoms with E-state index in [2.05, 4.69) is 15.3 Å². The number of amides is 1. The predicted molar refractivity (Wildman–Crippen MR) is 92.2 cm³/mol. The summed E-state index contributed by atoms with van der Waals surface area (Å²) in [6, 6.07) is 13.3. The zero-order chi connectivity index (χ0) is 16.5. The second kappa shape index (κ2) is 5.66. The molecule has 0 aliphatic carbocycles. The van der Waals surface area contributed by atoms with Crippen LogP contribution in [0.15, 0.2) is 67.4 Å². The lowest BCUT2D eigenvalue weighted by molar-refractivity contribution is 0.102. The van der Waals surface area contributed by atoms with Crippen LogP contribution < -0.4 is 5.32 Å². The number of carbonyl (C=O) groups is 1. The number of hydrogen-bond acceptors (Lipinski definition) is 3. The van der Waals surface area contributed by atoms with Gasteiger partial charge in [-0.3, -0.25) is 4.79 Å². The maximum Gasteiger partial charge on any atom is 0.258 e. The second-order valence-electron chi connectivity index (χ2n) is 5.48. The van der Waals surface area contributed by atoms with Gasteiger partial charge in [-0.1, -0.05) is 6.07 Å². The molecule has 0 radical (unpaired) electrons. The summed E-state index contributed by atoms with van der Waals surface area (Å²) in [5.74, 6) is -0.203. The summed E-state index contributed by atoms with van der Waals surface area (Å²) in [6.45, 7) is 0. The summed E-state index contributed by atoms with van der Waals surface area (Å²) in [6.07, 6.45) is 7.19. The van der Waals surface area contributed by atoms with Crippen molar-refractivity contribution in [2.45, 2.75) is 0 Å². The second-order valence-corrected chi connectivity index (χ2v) is 5.48. The maximum atomic E-state index is 12.6. The first-order valence-corrected chi connectivity index (χ1v) is 7.53. The van der Waals surface area contributed by atoms with Crippen LogP contribution in [0.4, 0.5) is 5.69 Å². The smallest absolute Gasteiger partial charge is 0.258 e. The Balaban J connectivity index is 1.65. The lowest BCUT2D eigenvalue weighted by Gasteiger charge is -2.08. The van der Waals surface area contributed by atoms with Crippen molar-refractivity contribution in [3.8, 4) is 5.69 Å². The Morgan fingerprint density at radius 3 is 2.75 bits per heavy atom. The van der Waals surface area contributed by atoms with Crippen LogP contribution in [0.3, 0.4) is 0 Å². The van der Waals surface area contributed by atoms with E-state index in [1.165, 1.54) is 0 Å². The fourth-order valence-electron chi connectivity index (χ4n) is 2.66. The Labute approximate surface area is 138 Å². The minimum Gasteiger partial charge on any atom is -0.324 e. The lowest BCUT2D eigenvalue weighted by Crippen LogP contribution is -2.13. The summed E-state index contributed by atoms with van der Waals surface area (Å²) in [5.41, 5.74) is 3.50. The fraction of sp³-hybridized carbons (Fsp3) is 0.0556. The average molecular weight is 317 g/mol. The average Bonchev–Trinajstić information content (AvgIpc) is 3.25. The SMILES string of the molecule is Cn1cnc2c(C(=O)Nc3cccc(-n4cccc4)c3)ccnc21. The number of aryl methyl sites for hydroxylation is 1. The Morgan fingerprint density at radius 1 is 1.08 bits per heavy atom. The maximum absolute atomic E-state index is 12.6. The fourth-order valence-corrected chi connectivity index (χ4v) is 2.66. The van der Waals surface area contributed by atoms with Crippen LogP contribution in [0.2, 0.25) is 0 Å². The third kappa shape index (κ3) is 2.44. The highest BCUT2D eigenvalue weighted by Crippen LogP contribution is 2.18. The Hall–Kier alpha value is -3.41. The number of fused-ring (bicyclic) bond motifs is 1. The van der Waals surface area contributed by atoms with E-state index in [1.807, 2.05) is 60.4 Å². The first kappa shape index (κ1) is 14.2. The van der Waals surface area contributed by atoms with Gasteiger partial charge < -0.3 is 14.5 Å². The van der Waals surface area contributed by atoms with E-state index >= 15 is 0 Å². The van der Waals surface area contributed by atoms with Crippen molar-refractivity contribution < 1.29 is 4.79 Å². The number of benzene rings is 1. The Morgan fingerprint density at radius 2 is 1.92 bits per heavy atom. The van der Waals surface area contributed by atoms with E-state index in [0.717, 1.165) is 11.4 Å². The van der Waals surface area contributed by atoms with Crippen molar-refractivity contribution in [2.75, 3.05) is 5.32 Å². The van der Waals surface area contributed by atoms with Crippen molar-refractivity contribution in [1.29, 1.82) is 0 Å². The number of pyridine rings is 1. The van der Waals surface area contributed by atoms with Gasteiger partial charge in [-0.2, -0.15) is 0 Å². The third-order valence-corrected chi connectivity index (χ3v) is 3.85. The number of carbonyl (C=O) groups excluding carboxylic acids is 1. The van der Waals surface area contributed by atoms with Gasteiger partial charge in [0.2, 0.25) is 0 Å². The molecule has 1 amide bonds. The van der Waals surface area contributed by atoms with Crippen molar-refractivity contribution in [2.24, 2.45) is 7.05 Å². The summed E-state index contributed by atoms with van der Waals surface area (Å²) in [5, 5.41) is 2.93. The molecule has 0 unspecified atom stereocenters. The van der Waals surface area contributed by atoms with Gasteiger partial charge in [0.1, 0.15) is 5.52 Å². The van der Waals surface area contributed by atoms with E-state index < -0.39 is 0 Å². The standard InChI is InChI=1S/C18H15N5O/c1-22-12-20-16-15(7-8-19-17(16)22)18(24)21-13-5-4-6-14(11-13)23-9-2-3-10-23/h2-12H,1H3,(H,21,24). The monoisotopic (exact) mass is 317 g/mol. The van der Waals surface area contributed by atoms with Crippen LogP contribution in [-0.2, 0) is 7.05 Å². The molecule has 0 aliphatic rings. The molecule has 6 nitrogen and oxygen atoms in total. The molecular formula is C18H15N5O. The van der Waals surface area contributed by atoms with E-state index in [0.29, 0.717) is 16.7 Å². The Kier molecular flexibility index (Phi) is 3.35. The number of aromatic nitrogens is 4. The number of anilines is 1. The molecule has 1 N–H and O–H groups in total. The molecule has 4 rings (SSSR count). The van der Waals surface area contributed by atoms with Gasteiger partial charge in [0, 0.05) is 37.0 Å². The summed E-state index contributed by atoms with van der Waals surface area (Å²) < 4.78 is 3.78. The molecule has 6 heteroatoms. The number of nitrogens with one attached hydrogen (secondary N) is 1. The van der Waals surface area contributed by atoms with Gasteiger partial charge >= 0.3 is 0 Å². The van der Waals surface area contributed by atoms with Gasteiger partial charge in [-0.05, 0) is 36.4 Å². The zero-order valence-corrected chi connectivity index (χ0v) is 13.0. The van der Waals surface area contributed by atoms with Crippen molar-refractivity contribution in [1.82, 2.24) is 19.1 Å². The summed E-state index contributed by atoms with van der Waals surface area (Å²) in [4.78, 5) is 21.2. The van der Waals surface area contributed by atoms with Gasteiger partial charge in [0.15, 0.2) is 5.65 Å². The van der Waals surface area contributed by atoms with E-state index in [4.69, 9.17) is 0 Å². The van der Waals surface area contributed by atoms with Gasteiger partial charge in [0.05, 0.1) is 11.9 Å². The van der Waals surface area contributed by atoms with E-state index in [1.54, 1.807) is 23.2 Å². The molecule has 3 heterocycles. The van der Waals surface area contributed by atoms with Crippen LogP contribution in [0.5, 0.6) is 0 Å². The minimum atomic E-state index is -0.203. The quantitative estimate of drug-likeness (QED) is 0.632. The van der Waals surface area contributed by atoms with Gasteiger partial charge in [-0.25, -0.2) is 9.97 Å². The molecule has 118 valence electrons. The number of rotatable bonds is 3. The first-order chi connectivity index (χ1) is 11.7. The zero-order valence-electron chi connectivity index (χ0n) is 13.0. The Bertz CT molecular complexity index is 1020. The van der Waals surface area contributed by atoms with Gasteiger partial charge in [0.25, 0.3) is 5.91 Å². The van der Waals surface area contributed by atoms with Crippen LogP contribution in [0.1, 0.15) is 10.4 Å². The van der Waals surface area contributed by atoms with Crippen LogP contribution in [0.25, 0.3) is 16.9 Å². The number of imidazole rings is 1. The van der Waals surface area contributed by atoms with Crippen LogP contribution in [-0.4, -0.2) is 25.0 Å². The molecule has 4 aromatic rings. The predicted octanol–water partition coefficient (Wildman–Crippen LogP) is 3.01. The lowest BCUT2D eigenvalue weighted by atomic mass is 10.2. The topological polar surface area (TPSA) is 64.7 Å². The van der Waals surface area contributed by atoms with Crippen molar-refractivity contribution in [3.05, 3.63) is 72.9 Å². The highest BCUT2D eigenvalue weighted by Gasteiger charge is 2.14. The molecule has 0 spiro atoms. The minimum absolute atomic E-state index is 0.203. The molecule has 0 saturated carbocycles. The third-order valence-electron chi connectivity index (χ3n) is 3.85. The van der Waals surface area contributed by atoms with E-state index in [9.17, 15) is 4.79 Å². The number of nitrogens with zero attached hydrogens (tertiary/aromatic N) is 4. The molecule has 0 fully saturated rings. The largest absolute Gasteiger partial charge is 0.324 e. The first-order valence-electron chi connectivity index (χ1n) is 7.53. The molecule has 24 heavy (non-hydrogen) atoms.